The molecule has 0 heterocycles. The van der Waals surface area contributed by atoms with Gasteiger partial charge in [-0.15, -0.1) is 0 Å². The second-order valence-electron chi connectivity index (χ2n) is 15.0. The molecule has 15 heteroatoms. The molecule has 44 heavy (non-hydrogen) atoms. The van der Waals surface area contributed by atoms with Gasteiger partial charge in [-0.2, -0.15) is 17.2 Å². The Kier molecular flexibility index (Phi) is 7.30. The van der Waals surface area contributed by atoms with Crippen molar-refractivity contribution in [3.05, 3.63) is 0 Å². The first-order valence-electron chi connectivity index (χ1n) is 15.3. The number of ether oxygens (including phenoxy) is 4. The van der Waals surface area contributed by atoms with E-state index in [1.54, 1.807) is 0 Å². The molecule has 0 saturated heterocycles. The lowest BCUT2D eigenvalue weighted by atomic mass is 9.47. The summed E-state index contributed by atoms with van der Waals surface area (Å²) in [6, 6.07) is 0. The van der Waals surface area contributed by atoms with Crippen molar-refractivity contribution in [1.29, 1.82) is 0 Å². The Hall–Kier alpha value is -1.94. The van der Waals surface area contributed by atoms with Crippen LogP contribution < -0.4 is 0 Å². The fourth-order valence-corrected chi connectivity index (χ4v) is 11.1. The van der Waals surface area contributed by atoms with Gasteiger partial charge in [0, 0.05) is 38.5 Å². The lowest BCUT2D eigenvalue weighted by Crippen LogP contribution is -2.73. The molecular formula is C29H40F2O12S. The minimum atomic E-state index is -6.13. The maximum atomic E-state index is 13.5. The summed E-state index contributed by atoms with van der Waals surface area (Å²) in [4.78, 5) is 37.5. The Labute approximate surface area is 253 Å². The van der Waals surface area contributed by atoms with Crippen LogP contribution in [0.5, 0.6) is 0 Å². The Morgan fingerprint density at radius 1 is 0.795 bits per heavy atom. The molecule has 0 aromatic rings. The highest BCUT2D eigenvalue weighted by Gasteiger charge is 2.70. The van der Waals surface area contributed by atoms with E-state index in [2.05, 4.69) is 18.6 Å². The number of aliphatic hydroxyl groups is 2. The van der Waals surface area contributed by atoms with Crippen molar-refractivity contribution >= 4 is 28.0 Å². The Balaban J connectivity index is 1.13. The number of alkyl halides is 2. The zero-order valence-electron chi connectivity index (χ0n) is 24.8. The van der Waals surface area contributed by atoms with Crippen LogP contribution in [-0.2, 0) is 43.4 Å². The molecule has 8 aliphatic rings. The molecule has 12 nitrogen and oxygen atoms in total. The maximum Gasteiger partial charge on any atom is 0.465 e. The van der Waals surface area contributed by atoms with Gasteiger partial charge < -0.3 is 29.2 Å². The first kappa shape index (κ1) is 32.0. The number of carbonyl (C=O) groups is 3. The van der Waals surface area contributed by atoms with E-state index in [9.17, 15) is 41.8 Å². The molecule has 0 aromatic heterocycles. The summed E-state index contributed by atoms with van der Waals surface area (Å²) >= 11 is 0. The van der Waals surface area contributed by atoms with E-state index in [1.807, 2.05) is 0 Å². The van der Waals surface area contributed by atoms with Gasteiger partial charge in [0.2, 0.25) is 0 Å². The molecule has 0 spiro atoms. The van der Waals surface area contributed by atoms with Crippen LogP contribution in [0, 0.1) is 29.6 Å². The van der Waals surface area contributed by atoms with Gasteiger partial charge in [0.05, 0.1) is 16.8 Å². The van der Waals surface area contributed by atoms with Crippen LogP contribution in [-0.4, -0.2) is 87.6 Å². The van der Waals surface area contributed by atoms with E-state index < -0.39 is 74.5 Å². The zero-order valence-corrected chi connectivity index (χ0v) is 25.6. The Bertz CT molecular complexity index is 1300. The third-order valence-electron chi connectivity index (χ3n) is 11.2. The fourth-order valence-electron chi connectivity index (χ4n) is 10.8. The molecule has 0 aliphatic heterocycles. The van der Waals surface area contributed by atoms with Crippen molar-refractivity contribution in [2.75, 3.05) is 13.2 Å². The average molecular weight is 651 g/mol. The van der Waals surface area contributed by atoms with Gasteiger partial charge in [-0.25, -0.2) is 14.4 Å². The number of rotatable bonds is 10. The molecule has 8 fully saturated rings. The summed E-state index contributed by atoms with van der Waals surface area (Å²) in [7, 11) is -6.13. The number of hydrogen-bond donors (Lipinski definition) is 3. The van der Waals surface area contributed by atoms with E-state index in [1.165, 1.54) is 6.42 Å². The van der Waals surface area contributed by atoms with E-state index in [0.717, 1.165) is 25.7 Å². The molecule has 8 saturated carbocycles. The van der Waals surface area contributed by atoms with Gasteiger partial charge in [-0.1, -0.05) is 13.8 Å². The second-order valence-corrected chi connectivity index (χ2v) is 16.5. The summed E-state index contributed by atoms with van der Waals surface area (Å²) in [5, 5.41) is 17.5. The van der Waals surface area contributed by atoms with E-state index in [4.69, 9.17) is 18.8 Å². The number of hydrogen-bond acceptors (Lipinski definition) is 11. The SMILES string of the molecule is CC(C)C1(OC(=O)COC23CC4(O)CC(O)(C2)CC(OC(=O)COC(=O)C(F)(F)S(=O)(=O)O)(C4)C3)C2CC3CC(C2)CC1C3. The van der Waals surface area contributed by atoms with Gasteiger partial charge in [-0.3, -0.25) is 4.55 Å². The zero-order chi connectivity index (χ0) is 32.1. The van der Waals surface area contributed by atoms with Crippen molar-refractivity contribution in [2.45, 2.75) is 118 Å². The first-order chi connectivity index (χ1) is 20.2. The molecule has 248 valence electrons. The molecule has 3 N–H and O–H groups in total. The van der Waals surface area contributed by atoms with Crippen molar-refractivity contribution in [3.63, 3.8) is 0 Å². The Morgan fingerprint density at radius 2 is 1.30 bits per heavy atom. The highest BCUT2D eigenvalue weighted by atomic mass is 32.2. The van der Waals surface area contributed by atoms with Crippen molar-refractivity contribution in [3.8, 4) is 0 Å². The summed E-state index contributed by atoms with van der Waals surface area (Å²) in [5.74, 6) is -2.51. The summed E-state index contributed by atoms with van der Waals surface area (Å²) in [6.45, 7) is 2.31. The number of halogens is 2. The lowest BCUT2D eigenvalue weighted by Gasteiger charge is -2.66. The molecule has 0 radical (unpaired) electrons. The molecule has 2 unspecified atom stereocenters. The van der Waals surface area contributed by atoms with Crippen LogP contribution in [0.4, 0.5) is 8.78 Å². The van der Waals surface area contributed by atoms with Gasteiger partial charge >= 0.3 is 33.3 Å². The van der Waals surface area contributed by atoms with Crippen LogP contribution in [0.25, 0.3) is 0 Å². The maximum absolute atomic E-state index is 13.5. The highest BCUT2D eigenvalue weighted by molar-refractivity contribution is 7.87. The van der Waals surface area contributed by atoms with E-state index in [-0.39, 0.29) is 56.3 Å². The molecule has 0 aromatic carbocycles. The van der Waals surface area contributed by atoms with Crippen molar-refractivity contribution < 1.29 is 65.3 Å². The fraction of sp³-hybridized carbons (Fsp3) is 0.897. The van der Waals surface area contributed by atoms with E-state index in [0.29, 0.717) is 11.8 Å². The van der Waals surface area contributed by atoms with Crippen molar-refractivity contribution in [2.24, 2.45) is 29.6 Å². The largest absolute Gasteiger partial charge is 0.465 e. The third-order valence-corrected chi connectivity index (χ3v) is 12.0. The average Bonchev–Trinajstić information content (AvgIpc) is 2.84. The minimum Gasteiger partial charge on any atom is -0.456 e. The van der Waals surface area contributed by atoms with Crippen LogP contribution in [0.2, 0.25) is 0 Å². The molecule has 0 amide bonds. The first-order valence-corrected chi connectivity index (χ1v) is 16.7. The monoisotopic (exact) mass is 650 g/mol. The lowest BCUT2D eigenvalue weighted by molar-refractivity contribution is -0.312. The minimum absolute atomic E-state index is 0.0351. The normalized spacial score (nSPS) is 43.7. The second kappa shape index (κ2) is 10.0. The van der Waals surface area contributed by atoms with E-state index >= 15 is 0 Å². The predicted octanol–water partition coefficient (Wildman–Crippen LogP) is 2.29. The number of esters is 3. The summed E-state index contributed by atoms with van der Waals surface area (Å²) in [6.07, 6.45) is 5.19. The molecular weight excluding hydrogens is 610 g/mol. The smallest absolute Gasteiger partial charge is 0.456 e. The Morgan fingerprint density at radius 3 is 1.80 bits per heavy atom. The standard InChI is InChI=1S/C29H40F2O12S/c1-16(2)28(19-4-17-3-18(6-19)7-20(28)5-17)43-22(33)9-41-26-11-24(35)10-25(36,12-26)14-27(13-24,15-26)42-21(32)8-40-23(34)29(30,31)44(37,38)39/h16-20,35-36H,3-15H2,1-2H3,(H,37,38,39). The molecule has 8 aliphatic carbocycles. The molecule has 8 rings (SSSR count). The van der Waals surface area contributed by atoms with Gasteiger partial charge in [0.1, 0.15) is 17.8 Å². The summed E-state index contributed by atoms with van der Waals surface area (Å²) < 4.78 is 79.2. The van der Waals surface area contributed by atoms with Gasteiger partial charge in [0.25, 0.3) is 0 Å². The summed E-state index contributed by atoms with van der Waals surface area (Å²) in [5.41, 5.74) is -6.48. The van der Waals surface area contributed by atoms with Crippen LogP contribution in [0.15, 0.2) is 0 Å². The predicted molar refractivity (Wildman–Crippen MR) is 143 cm³/mol. The highest BCUT2D eigenvalue weighted by Crippen LogP contribution is 2.64. The van der Waals surface area contributed by atoms with Crippen LogP contribution >= 0.6 is 0 Å². The van der Waals surface area contributed by atoms with Crippen molar-refractivity contribution in [1.82, 2.24) is 0 Å². The topological polar surface area (TPSA) is 183 Å². The number of carbonyl (C=O) groups excluding carboxylic acids is 3. The quantitative estimate of drug-likeness (QED) is 0.178. The van der Waals surface area contributed by atoms with Gasteiger partial charge in [0.15, 0.2) is 6.61 Å². The van der Waals surface area contributed by atoms with Gasteiger partial charge in [-0.05, 0) is 61.7 Å². The van der Waals surface area contributed by atoms with Crippen LogP contribution in [0.1, 0.15) is 84.5 Å². The third kappa shape index (κ3) is 5.23. The molecule has 2 atom stereocenters. The molecule has 8 bridgehead atoms. The van der Waals surface area contributed by atoms with Crippen LogP contribution in [0.3, 0.4) is 0 Å².